The molecular formula is C26H30N2O4. The van der Waals surface area contributed by atoms with Crippen LogP contribution >= 0.6 is 0 Å². The predicted molar refractivity (Wildman–Crippen MR) is 122 cm³/mol. The molecule has 32 heavy (non-hydrogen) atoms. The molecule has 0 N–H and O–H groups in total. The van der Waals surface area contributed by atoms with E-state index in [0.717, 1.165) is 49.4 Å². The van der Waals surface area contributed by atoms with Crippen molar-refractivity contribution in [1.29, 1.82) is 0 Å². The van der Waals surface area contributed by atoms with Gasteiger partial charge < -0.3 is 18.9 Å². The fourth-order valence-corrected chi connectivity index (χ4v) is 4.25. The number of likely N-dealkylation sites (tertiary alicyclic amines) is 1. The smallest absolute Gasteiger partial charge is 0.253 e. The Bertz CT molecular complexity index is 1030. The number of carbonyl (C=O) groups is 1. The van der Waals surface area contributed by atoms with Crippen LogP contribution in [0.3, 0.4) is 0 Å². The van der Waals surface area contributed by atoms with E-state index < -0.39 is 0 Å². The zero-order chi connectivity index (χ0) is 22.5. The van der Waals surface area contributed by atoms with Crippen LogP contribution in [0, 0.1) is 19.8 Å². The highest BCUT2D eigenvalue weighted by atomic mass is 16.5. The number of piperidine rings is 1. The van der Waals surface area contributed by atoms with Gasteiger partial charge in [-0.1, -0.05) is 35.5 Å². The highest BCUT2D eigenvalue weighted by Gasteiger charge is 2.24. The van der Waals surface area contributed by atoms with Crippen molar-refractivity contribution in [2.45, 2.75) is 39.7 Å². The summed E-state index contributed by atoms with van der Waals surface area (Å²) >= 11 is 0. The Labute approximate surface area is 189 Å². The molecule has 1 aromatic heterocycles. The Hall–Kier alpha value is -3.28. The van der Waals surface area contributed by atoms with Gasteiger partial charge in [-0.2, -0.15) is 0 Å². The minimum atomic E-state index is 0.0405. The first-order valence-corrected chi connectivity index (χ1v) is 11.1. The second kappa shape index (κ2) is 9.90. The Morgan fingerprint density at radius 3 is 2.50 bits per heavy atom. The van der Waals surface area contributed by atoms with Gasteiger partial charge in [0, 0.05) is 18.7 Å². The largest absolute Gasteiger partial charge is 0.493 e. The Balaban J connectivity index is 1.36. The number of benzene rings is 2. The summed E-state index contributed by atoms with van der Waals surface area (Å²) in [6.45, 7) is 5.64. The summed E-state index contributed by atoms with van der Waals surface area (Å²) < 4.78 is 16.6. The van der Waals surface area contributed by atoms with Gasteiger partial charge in [0.05, 0.1) is 18.4 Å². The molecule has 1 aliphatic rings. The second-order valence-electron chi connectivity index (χ2n) is 8.38. The summed E-state index contributed by atoms with van der Waals surface area (Å²) in [5.74, 6) is 2.53. The number of amides is 1. The van der Waals surface area contributed by atoms with Gasteiger partial charge in [0.2, 0.25) is 0 Å². The molecule has 1 aliphatic heterocycles. The quantitative estimate of drug-likeness (QED) is 0.525. The molecule has 0 spiro atoms. The van der Waals surface area contributed by atoms with Crippen LogP contribution in [-0.2, 0) is 13.0 Å². The van der Waals surface area contributed by atoms with E-state index >= 15 is 0 Å². The van der Waals surface area contributed by atoms with Crippen molar-refractivity contribution in [2.75, 3.05) is 20.2 Å². The van der Waals surface area contributed by atoms with Crippen LogP contribution in [0.25, 0.3) is 0 Å². The van der Waals surface area contributed by atoms with E-state index in [1.807, 2.05) is 30.9 Å². The van der Waals surface area contributed by atoms with Crippen molar-refractivity contribution in [1.82, 2.24) is 10.1 Å². The molecule has 1 amide bonds. The molecule has 3 aromatic rings. The van der Waals surface area contributed by atoms with Gasteiger partial charge in [-0.25, -0.2) is 0 Å². The molecule has 6 heteroatoms. The summed E-state index contributed by atoms with van der Waals surface area (Å²) in [6.07, 6.45) is 3.13. The lowest BCUT2D eigenvalue weighted by atomic mass is 9.90. The number of carbonyl (C=O) groups excluding carboxylic acids is 1. The van der Waals surface area contributed by atoms with Crippen LogP contribution in [0.5, 0.6) is 11.5 Å². The SMILES string of the molecule is COc1cc(C(=O)N2CCC(Cc3ccccc3)CC2)ccc1OCc1c(C)noc1C. The van der Waals surface area contributed by atoms with E-state index in [1.54, 1.807) is 19.2 Å². The summed E-state index contributed by atoms with van der Waals surface area (Å²) in [6, 6.07) is 16.0. The standard InChI is InChI=1S/C26H30N2O4/c1-18-23(19(2)32-27-18)17-31-24-10-9-22(16-25(24)30-3)26(29)28-13-11-21(12-14-28)15-20-7-5-4-6-8-20/h4-10,16,21H,11-15,17H2,1-3H3. The molecule has 2 aromatic carbocycles. The minimum Gasteiger partial charge on any atom is -0.493 e. The number of rotatable bonds is 7. The fourth-order valence-electron chi connectivity index (χ4n) is 4.25. The van der Waals surface area contributed by atoms with Gasteiger partial charge in [-0.05, 0) is 62.8 Å². The number of aryl methyl sites for hydroxylation is 2. The van der Waals surface area contributed by atoms with E-state index in [0.29, 0.717) is 29.6 Å². The first-order chi connectivity index (χ1) is 15.5. The molecule has 6 nitrogen and oxygen atoms in total. The topological polar surface area (TPSA) is 64.8 Å². The van der Waals surface area contributed by atoms with Crippen molar-refractivity contribution in [3.8, 4) is 11.5 Å². The lowest BCUT2D eigenvalue weighted by Crippen LogP contribution is -2.38. The summed E-state index contributed by atoms with van der Waals surface area (Å²) in [4.78, 5) is 15.0. The predicted octanol–water partition coefficient (Wildman–Crippen LogP) is 4.97. The fraction of sp³-hybridized carbons (Fsp3) is 0.385. The number of ether oxygens (including phenoxy) is 2. The van der Waals surface area contributed by atoms with E-state index in [9.17, 15) is 4.79 Å². The third-order valence-electron chi connectivity index (χ3n) is 6.23. The average Bonchev–Trinajstić information content (AvgIpc) is 3.15. The van der Waals surface area contributed by atoms with Gasteiger partial charge in [0.15, 0.2) is 11.5 Å². The highest BCUT2D eigenvalue weighted by Crippen LogP contribution is 2.31. The van der Waals surface area contributed by atoms with Gasteiger partial charge >= 0.3 is 0 Å². The van der Waals surface area contributed by atoms with Crippen molar-refractivity contribution in [3.05, 3.63) is 76.7 Å². The number of hydrogen-bond acceptors (Lipinski definition) is 5. The molecule has 1 saturated heterocycles. The van der Waals surface area contributed by atoms with E-state index in [2.05, 4.69) is 29.4 Å². The molecule has 4 rings (SSSR count). The molecule has 0 unspecified atom stereocenters. The molecule has 168 valence electrons. The lowest BCUT2D eigenvalue weighted by molar-refractivity contribution is 0.0690. The van der Waals surface area contributed by atoms with E-state index in [1.165, 1.54) is 5.56 Å². The van der Waals surface area contributed by atoms with Crippen LogP contribution in [0.4, 0.5) is 0 Å². The first kappa shape index (κ1) is 21.9. The lowest BCUT2D eigenvalue weighted by Gasteiger charge is -2.32. The maximum atomic E-state index is 13.1. The molecular weight excluding hydrogens is 404 g/mol. The van der Waals surface area contributed by atoms with Crippen LogP contribution in [0.15, 0.2) is 53.1 Å². The third-order valence-corrected chi connectivity index (χ3v) is 6.23. The minimum absolute atomic E-state index is 0.0405. The monoisotopic (exact) mass is 434 g/mol. The van der Waals surface area contributed by atoms with Crippen LogP contribution in [-0.4, -0.2) is 36.2 Å². The molecule has 0 aliphatic carbocycles. The number of aromatic nitrogens is 1. The highest BCUT2D eigenvalue weighted by molar-refractivity contribution is 5.95. The van der Waals surface area contributed by atoms with Gasteiger partial charge in [-0.3, -0.25) is 4.79 Å². The molecule has 0 atom stereocenters. The summed E-state index contributed by atoms with van der Waals surface area (Å²) in [5.41, 5.74) is 3.72. The number of hydrogen-bond donors (Lipinski definition) is 0. The van der Waals surface area contributed by atoms with Crippen molar-refractivity contribution < 1.29 is 18.8 Å². The molecule has 0 saturated carbocycles. The van der Waals surface area contributed by atoms with Crippen molar-refractivity contribution in [2.24, 2.45) is 5.92 Å². The van der Waals surface area contributed by atoms with E-state index in [4.69, 9.17) is 14.0 Å². The maximum Gasteiger partial charge on any atom is 0.253 e. The van der Waals surface area contributed by atoms with Crippen LogP contribution in [0.1, 0.15) is 45.8 Å². The van der Waals surface area contributed by atoms with Crippen LogP contribution < -0.4 is 9.47 Å². The molecule has 0 bridgehead atoms. The number of nitrogens with zero attached hydrogens (tertiary/aromatic N) is 2. The van der Waals surface area contributed by atoms with Crippen molar-refractivity contribution >= 4 is 5.91 Å². The molecule has 0 radical (unpaired) electrons. The van der Waals surface area contributed by atoms with Gasteiger partial charge in [0.25, 0.3) is 5.91 Å². The summed E-state index contributed by atoms with van der Waals surface area (Å²) in [7, 11) is 1.58. The van der Waals surface area contributed by atoms with E-state index in [-0.39, 0.29) is 5.91 Å². The van der Waals surface area contributed by atoms with Crippen LogP contribution in [0.2, 0.25) is 0 Å². The average molecular weight is 435 g/mol. The van der Waals surface area contributed by atoms with Gasteiger partial charge in [0.1, 0.15) is 12.4 Å². The summed E-state index contributed by atoms with van der Waals surface area (Å²) in [5, 5.41) is 3.95. The second-order valence-corrected chi connectivity index (χ2v) is 8.38. The first-order valence-electron chi connectivity index (χ1n) is 11.1. The normalized spacial score (nSPS) is 14.4. The Kier molecular flexibility index (Phi) is 6.78. The Morgan fingerprint density at radius 1 is 1.09 bits per heavy atom. The molecule has 1 fully saturated rings. The number of methoxy groups -OCH3 is 1. The maximum absolute atomic E-state index is 13.1. The Morgan fingerprint density at radius 2 is 1.84 bits per heavy atom. The van der Waals surface area contributed by atoms with Gasteiger partial charge in [-0.15, -0.1) is 0 Å². The zero-order valence-corrected chi connectivity index (χ0v) is 19.0. The zero-order valence-electron chi connectivity index (χ0n) is 19.0. The third kappa shape index (κ3) is 4.96. The molecule has 2 heterocycles. The van der Waals surface area contributed by atoms with Crippen molar-refractivity contribution in [3.63, 3.8) is 0 Å².